The van der Waals surface area contributed by atoms with Gasteiger partial charge in [0.25, 0.3) is 0 Å². The van der Waals surface area contributed by atoms with Crippen LogP contribution in [0.25, 0.3) is 0 Å². The highest BCUT2D eigenvalue weighted by molar-refractivity contribution is 5.76. The molecule has 4 heteroatoms. The third kappa shape index (κ3) is 17.5. The van der Waals surface area contributed by atoms with Crippen LogP contribution in [0.3, 0.4) is 0 Å². The molecule has 0 aliphatic heterocycles. The molecule has 0 aromatic carbocycles. The fourth-order valence-corrected chi connectivity index (χ4v) is 3.02. The predicted molar refractivity (Wildman–Crippen MR) is 107 cm³/mol. The van der Waals surface area contributed by atoms with Crippen LogP contribution in [0.4, 0.5) is 0 Å². The number of aliphatic carboxylic acids is 1. The van der Waals surface area contributed by atoms with Crippen LogP contribution >= 0.6 is 0 Å². The second-order valence-electron chi connectivity index (χ2n) is 7.16. The summed E-state index contributed by atoms with van der Waals surface area (Å²) >= 11 is 0. The molecule has 0 bridgehead atoms. The van der Waals surface area contributed by atoms with Crippen molar-refractivity contribution in [1.82, 2.24) is 0 Å². The number of carbonyl (C=O) groups is 2. The Morgan fingerprint density at radius 1 is 0.808 bits per heavy atom. The summed E-state index contributed by atoms with van der Waals surface area (Å²) in [6.45, 7) is 3.50. The van der Waals surface area contributed by atoms with Crippen molar-refractivity contribution in [2.24, 2.45) is 0 Å². The molecule has 0 saturated carbocycles. The zero-order valence-electron chi connectivity index (χ0n) is 17.0. The van der Waals surface area contributed by atoms with E-state index >= 15 is 0 Å². The molecule has 0 aliphatic rings. The summed E-state index contributed by atoms with van der Waals surface area (Å²) in [4.78, 5) is 21.8. The number of allylic oxidation sites excluding steroid dienone is 2. The van der Waals surface area contributed by atoms with Gasteiger partial charge in [-0.15, -0.1) is 0 Å². The van der Waals surface area contributed by atoms with Gasteiger partial charge < -0.3 is 9.84 Å². The van der Waals surface area contributed by atoms with Crippen LogP contribution < -0.4 is 0 Å². The molecule has 1 N–H and O–H groups in total. The second-order valence-corrected chi connectivity index (χ2v) is 7.16. The lowest BCUT2D eigenvalue weighted by Gasteiger charge is -2.10. The summed E-state index contributed by atoms with van der Waals surface area (Å²) in [5, 5.41) is 8.95. The first-order chi connectivity index (χ1) is 12.6. The van der Waals surface area contributed by atoms with Gasteiger partial charge in [0.15, 0.2) is 6.10 Å². The zero-order valence-corrected chi connectivity index (χ0v) is 17.0. The van der Waals surface area contributed by atoms with Gasteiger partial charge in [0, 0.05) is 6.92 Å². The first-order valence-corrected chi connectivity index (χ1v) is 10.6. The quantitative estimate of drug-likeness (QED) is 0.172. The number of esters is 1. The number of rotatable bonds is 18. The molecule has 1 unspecified atom stereocenters. The smallest absolute Gasteiger partial charge is 0.345 e. The Hall–Kier alpha value is -1.32. The van der Waals surface area contributed by atoms with Crippen molar-refractivity contribution in [2.45, 2.75) is 116 Å². The predicted octanol–water partition coefficient (Wildman–Crippen LogP) is 6.43. The normalized spacial score (nSPS) is 12.4. The summed E-state index contributed by atoms with van der Waals surface area (Å²) in [5.74, 6) is -1.62. The lowest BCUT2D eigenvalue weighted by Crippen LogP contribution is -2.25. The summed E-state index contributed by atoms with van der Waals surface area (Å²) in [6.07, 6.45) is 21.3. The Bertz CT molecular complexity index is 376. The minimum Gasteiger partial charge on any atom is -0.479 e. The molecule has 0 aliphatic carbocycles. The first-order valence-electron chi connectivity index (χ1n) is 10.6. The molecule has 152 valence electrons. The summed E-state index contributed by atoms with van der Waals surface area (Å²) in [7, 11) is 0. The number of hydrogen-bond donors (Lipinski definition) is 1. The Balaban J connectivity index is 3.37. The lowest BCUT2D eigenvalue weighted by atomic mass is 10.0. The standard InChI is InChI=1S/C22H40O4/c1-3-4-5-6-7-8-9-10-11-12-13-14-15-16-17-18-19-21(22(24)25)26-20(2)23/h16-17,21H,3-15,18-19H2,1-2H3,(H,24,25). The van der Waals surface area contributed by atoms with Crippen LogP contribution in [0, 0.1) is 0 Å². The molecule has 0 radical (unpaired) electrons. The van der Waals surface area contributed by atoms with E-state index in [0.29, 0.717) is 12.8 Å². The van der Waals surface area contributed by atoms with Crippen LogP contribution in [-0.2, 0) is 14.3 Å². The molecule has 4 nitrogen and oxygen atoms in total. The van der Waals surface area contributed by atoms with E-state index in [1.54, 1.807) is 0 Å². The summed E-state index contributed by atoms with van der Waals surface area (Å²) in [5.41, 5.74) is 0. The van der Waals surface area contributed by atoms with E-state index in [1.807, 2.05) is 6.08 Å². The topological polar surface area (TPSA) is 63.6 Å². The van der Waals surface area contributed by atoms with Crippen LogP contribution in [0.5, 0.6) is 0 Å². The van der Waals surface area contributed by atoms with Gasteiger partial charge in [-0.3, -0.25) is 4.79 Å². The number of ether oxygens (including phenoxy) is 1. The Labute approximate surface area is 160 Å². The van der Waals surface area contributed by atoms with Gasteiger partial charge in [0.2, 0.25) is 0 Å². The molecule has 0 saturated heterocycles. The van der Waals surface area contributed by atoms with E-state index in [1.165, 1.54) is 84.0 Å². The van der Waals surface area contributed by atoms with Gasteiger partial charge in [0.05, 0.1) is 0 Å². The van der Waals surface area contributed by atoms with Crippen LogP contribution in [0.1, 0.15) is 110 Å². The van der Waals surface area contributed by atoms with Crippen molar-refractivity contribution in [3.05, 3.63) is 12.2 Å². The minimum atomic E-state index is -1.07. The van der Waals surface area contributed by atoms with Crippen molar-refractivity contribution < 1.29 is 19.4 Å². The molecule has 0 rings (SSSR count). The largest absolute Gasteiger partial charge is 0.479 e. The fourth-order valence-electron chi connectivity index (χ4n) is 3.02. The fraction of sp³-hybridized carbons (Fsp3) is 0.818. The highest BCUT2D eigenvalue weighted by Crippen LogP contribution is 2.13. The van der Waals surface area contributed by atoms with Crippen molar-refractivity contribution in [3.8, 4) is 0 Å². The summed E-state index contributed by atoms with van der Waals surface area (Å²) < 4.78 is 4.76. The van der Waals surface area contributed by atoms with Gasteiger partial charge in [-0.05, 0) is 25.7 Å². The van der Waals surface area contributed by atoms with Crippen molar-refractivity contribution in [1.29, 1.82) is 0 Å². The third-order valence-electron chi connectivity index (χ3n) is 4.57. The molecule has 26 heavy (non-hydrogen) atoms. The third-order valence-corrected chi connectivity index (χ3v) is 4.57. The number of carboxylic acids is 1. The molecule has 0 fully saturated rings. The molecule has 0 heterocycles. The van der Waals surface area contributed by atoms with Crippen molar-refractivity contribution in [3.63, 3.8) is 0 Å². The summed E-state index contributed by atoms with van der Waals surface area (Å²) in [6, 6.07) is 0. The van der Waals surface area contributed by atoms with E-state index in [-0.39, 0.29) is 0 Å². The molecule has 0 amide bonds. The number of carbonyl (C=O) groups excluding carboxylic acids is 1. The Kier molecular flexibility index (Phi) is 17.5. The zero-order chi connectivity index (χ0) is 19.5. The first kappa shape index (κ1) is 24.7. The maximum absolute atomic E-state index is 10.9. The molecule has 0 aromatic heterocycles. The van der Waals surface area contributed by atoms with Gasteiger partial charge in [-0.2, -0.15) is 0 Å². The van der Waals surface area contributed by atoms with E-state index in [4.69, 9.17) is 9.84 Å². The molecule has 0 spiro atoms. The second kappa shape index (κ2) is 18.5. The van der Waals surface area contributed by atoms with Gasteiger partial charge >= 0.3 is 11.9 Å². The highest BCUT2D eigenvalue weighted by atomic mass is 16.6. The monoisotopic (exact) mass is 368 g/mol. The average Bonchev–Trinajstić information content (AvgIpc) is 2.59. The van der Waals surface area contributed by atoms with Crippen LogP contribution in [-0.4, -0.2) is 23.1 Å². The van der Waals surface area contributed by atoms with Crippen molar-refractivity contribution >= 4 is 11.9 Å². The maximum atomic E-state index is 10.9. The van der Waals surface area contributed by atoms with Crippen LogP contribution in [0.15, 0.2) is 12.2 Å². The molecular weight excluding hydrogens is 328 g/mol. The van der Waals surface area contributed by atoms with E-state index in [9.17, 15) is 9.59 Å². The highest BCUT2D eigenvalue weighted by Gasteiger charge is 2.19. The van der Waals surface area contributed by atoms with Gasteiger partial charge in [-0.25, -0.2) is 4.79 Å². The molecular formula is C22H40O4. The van der Waals surface area contributed by atoms with Crippen molar-refractivity contribution in [2.75, 3.05) is 0 Å². The molecule has 1 atom stereocenters. The Morgan fingerprint density at radius 3 is 1.73 bits per heavy atom. The lowest BCUT2D eigenvalue weighted by molar-refractivity contribution is -0.162. The number of unbranched alkanes of at least 4 members (excludes halogenated alkanes) is 12. The average molecular weight is 369 g/mol. The number of hydrogen-bond acceptors (Lipinski definition) is 3. The SMILES string of the molecule is CCCCCCCCCCCCCCC=CCCC(OC(C)=O)C(=O)O. The van der Waals surface area contributed by atoms with Crippen LogP contribution in [0.2, 0.25) is 0 Å². The van der Waals surface area contributed by atoms with E-state index in [0.717, 1.165) is 6.42 Å². The maximum Gasteiger partial charge on any atom is 0.345 e. The van der Waals surface area contributed by atoms with E-state index < -0.39 is 18.0 Å². The molecule has 0 aromatic rings. The van der Waals surface area contributed by atoms with Gasteiger partial charge in [-0.1, -0.05) is 89.7 Å². The Morgan fingerprint density at radius 2 is 1.27 bits per heavy atom. The minimum absolute atomic E-state index is 0.337. The van der Waals surface area contributed by atoms with Gasteiger partial charge in [0.1, 0.15) is 0 Å². The van der Waals surface area contributed by atoms with E-state index in [2.05, 4.69) is 13.0 Å². The number of carboxylic acid groups (broad SMARTS) is 1.